The second-order valence-electron chi connectivity index (χ2n) is 6.10. The van der Waals surface area contributed by atoms with E-state index in [0.29, 0.717) is 17.9 Å². The SMILES string of the molecule is CCOC(=O)c1c(-c2ccccc2)nn(-c2ccccc2)c1C(C)C. The molecule has 0 amide bonds. The second kappa shape index (κ2) is 7.34. The maximum Gasteiger partial charge on any atom is 0.342 e. The van der Waals surface area contributed by atoms with Crippen LogP contribution in [-0.2, 0) is 4.74 Å². The number of carbonyl (C=O) groups excluding carboxylic acids is 1. The standard InChI is InChI=1S/C21H22N2O2/c1-4-25-21(24)18-19(16-11-7-5-8-12-16)22-23(20(18)15(2)3)17-13-9-6-10-14-17/h5-15H,4H2,1-3H3. The molecule has 0 radical (unpaired) electrons. The molecule has 0 aliphatic heterocycles. The van der Waals surface area contributed by atoms with Gasteiger partial charge in [-0.05, 0) is 25.0 Å². The number of nitrogens with zero attached hydrogens (tertiary/aromatic N) is 2. The minimum atomic E-state index is -0.327. The van der Waals surface area contributed by atoms with Crippen LogP contribution in [0.25, 0.3) is 16.9 Å². The Morgan fingerprint density at radius 2 is 1.64 bits per heavy atom. The Bertz CT molecular complexity index is 852. The lowest BCUT2D eigenvalue weighted by Gasteiger charge is -2.12. The number of benzene rings is 2. The Balaban J connectivity index is 2.29. The van der Waals surface area contributed by atoms with Crippen LogP contribution < -0.4 is 0 Å². The predicted octanol–water partition coefficient (Wildman–Crippen LogP) is 4.84. The van der Waals surface area contributed by atoms with Crippen LogP contribution >= 0.6 is 0 Å². The van der Waals surface area contributed by atoms with Crippen molar-refractivity contribution in [2.45, 2.75) is 26.7 Å². The number of carbonyl (C=O) groups is 1. The van der Waals surface area contributed by atoms with Crippen LogP contribution in [0, 0.1) is 0 Å². The van der Waals surface area contributed by atoms with Crippen molar-refractivity contribution in [3.8, 4) is 16.9 Å². The van der Waals surface area contributed by atoms with E-state index < -0.39 is 0 Å². The van der Waals surface area contributed by atoms with Gasteiger partial charge in [0.05, 0.1) is 18.0 Å². The van der Waals surface area contributed by atoms with Crippen molar-refractivity contribution >= 4 is 5.97 Å². The van der Waals surface area contributed by atoms with E-state index in [9.17, 15) is 4.79 Å². The quantitative estimate of drug-likeness (QED) is 0.627. The van der Waals surface area contributed by atoms with Gasteiger partial charge in [-0.15, -0.1) is 0 Å². The summed E-state index contributed by atoms with van der Waals surface area (Å²) in [5.74, 6) is -0.211. The van der Waals surface area contributed by atoms with Crippen molar-refractivity contribution in [1.29, 1.82) is 0 Å². The monoisotopic (exact) mass is 334 g/mol. The van der Waals surface area contributed by atoms with Gasteiger partial charge in [0.25, 0.3) is 0 Å². The van der Waals surface area contributed by atoms with E-state index in [4.69, 9.17) is 9.84 Å². The molecule has 1 aromatic heterocycles. The summed E-state index contributed by atoms with van der Waals surface area (Å²) in [5, 5.41) is 4.79. The van der Waals surface area contributed by atoms with E-state index >= 15 is 0 Å². The molecule has 0 atom stereocenters. The Kier molecular flexibility index (Phi) is 4.98. The highest BCUT2D eigenvalue weighted by atomic mass is 16.5. The van der Waals surface area contributed by atoms with Gasteiger partial charge in [-0.2, -0.15) is 5.10 Å². The van der Waals surface area contributed by atoms with Crippen LogP contribution in [0.1, 0.15) is 42.7 Å². The topological polar surface area (TPSA) is 44.1 Å². The third kappa shape index (κ3) is 3.33. The molecule has 128 valence electrons. The van der Waals surface area contributed by atoms with Crippen molar-refractivity contribution in [3.63, 3.8) is 0 Å². The van der Waals surface area contributed by atoms with Crippen LogP contribution in [0.2, 0.25) is 0 Å². The molecule has 2 aromatic carbocycles. The van der Waals surface area contributed by atoms with Gasteiger partial charge in [-0.25, -0.2) is 9.48 Å². The van der Waals surface area contributed by atoms with Gasteiger partial charge in [0.1, 0.15) is 11.3 Å². The van der Waals surface area contributed by atoms with Gasteiger partial charge in [0.2, 0.25) is 0 Å². The Labute approximate surface area is 148 Å². The molecule has 0 aliphatic rings. The maximum atomic E-state index is 12.7. The zero-order valence-corrected chi connectivity index (χ0v) is 14.8. The first-order valence-corrected chi connectivity index (χ1v) is 8.54. The maximum absolute atomic E-state index is 12.7. The molecule has 4 nitrogen and oxygen atoms in total. The van der Waals surface area contributed by atoms with E-state index in [1.165, 1.54) is 0 Å². The van der Waals surface area contributed by atoms with E-state index in [1.807, 2.05) is 72.3 Å². The summed E-state index contributed by atoms with van der Waals surface area (Å²) in [4.78, 5) is 12.7. The lowest BCUT2D eigenvalue weighted by molar-refractivity contribution is 0.0525. The normalized spacial score (nSPS) is 10.9. The molecule has 3 aromatic rings. The van der Waals surface area contributed by atoms with Crippen LogP contribution in [-0.4, -0.2) is 22.4 Å². The van der Waals surface area contributed by atoms with Gasteiger partial charge < -0.3 is 4.74 Å². The first kappa shape index (κ1) is 17.0. The summed E-state index contributed by atoms with van der Waals surface area (Å²) in [7, 11) is 0. The average Bonchev–Trinajstić information content (AvgIpc) is 3.04. The van der Waals surface area contributed by atoms with Crippen molar-refractivity contribution in [2.75, 3.05) is 6.61 Å². The van der Waals surface area contributed by atoms with Crippen molar-refractivity contribution in [2.24, 2.45) is 0 Å². The van der Waals surface area contributed by atoms with E-state index in [1.54, 1.807) is 0 Å². The summed E-state index contributed by atoms with van der Waals surface area (Å²) in [6, 6.07) is 19.6. The van der Waals surface area contributed by atoms with E-state index in [0.717, 1.165) is 16.9 Å². The van der Waals surface area contributed by atoms with Crippen molar-refractivity contribution in [1.82, 2.24) is 9.78 Å². The van der Waals surface area contributed by atoms with Crippen molar-refractivity contribution < 1.29 is 9.53 Å². The number of hydrogen-bond donors (Lipinski definition) is 0. The molecule has 0 fully saturated rings. The number of para-hydroxylation sites is 1. The fourth-order valence-corrected chi connectivity index (χ4v) is 2.93. The van der Waals surface area contributed by atoms with E-state index in [2.05, 4.69) is 13.8 Å². The van der Waals surface area contributed by atoms with Crippen molar-refractivity contribution in [3.05, 3.63) is 71.9 Å². The molecule has 0 bridgehead atoms. The first-order chi connectivity index (χ1) is 12.1. The highest BCUT2D eigenvalue weighted by molar-refractivity contribution is 5.98. The van der Waals surface area contributed by atoms with E-state index in [-0.39, 0.29) is 11.9 Å². The Morgan fingerprint density at radius 3 is 2.20 bits per heavy atom. The van der Waals surface area contributed by atoms with Crippen LogP contribution in [0.3, 0.4) is 0 Å². The van der Waals surface area contributed by atoms with Crippen LogP contribution in [0.15, 0.2) is 60.7 Å². The molecule has 4 heteroatoms. The van der Waals surface area contributed by atoms with Gasteiger partial charge in [0.15, 0.2) is 0 Å². The Hall–Kier alpha value is -2.88. The van der Waals surface area contributed by atoms with Gasteiger partial charge in [0, 0.05) is 5.56 Å². The molecular weight excluding hydrogens is 312 g/mol. The average molecular weight is 334 g/mol. The zero-order chi connectivity index (χ0) is 17.8. The summed E-state index contributed by atoms with van der Waals surface area (Å²) in [5.41, 5.74) is 3.91. The third-order valence-corrected chi connectivity index (χ3v) is 4.00. The summed E-state index contributed by atoms with van der Waals surface area (Å²) < 4.78 is 7.20. The zero-order valence-electron chi connectivity index (χ0n) is 14.8. The van der Waals surface area contributed by atoms with Crippen LogP contribution in [0.4, 0.5) is 0 Å². The number of hydrogen-bond acceptors (Lipinski definition) is 3. The Morgan fingerprint density at radius 1 is 1.04 bits per heavy atom. The molecule has 3 rings (SSSR count). The van der Waals surface area contributed by atoms with Gasteiger partial charge in [-0.1, -0.05) is 62.4 Å². The smallest absolute Gasteiger partial charge is 0.342 e. The molecule has 0 spiro atoms. The molecule has 0 N–H and O–H groups in total. The fraction of sp³-hybridized carbons (Fsp3) is 0.238. The second-order valence-corrected chi connectivity index (χ2v) is 6.10. The minimum Gasteiger partial charge on any atom is -0.462 e. The summed E-state index contributed by atoms with van der Waals surface area (Å²) >= 11 is 0. The lowest BCUT2D eigenvalue weighted by atomic mass is 10.00. The number of rotatable bonds is 5. The molecule has 0 saturated heterocycles. The first-order valence-electron chi connectivity index (χ1n) is 8.54. The largest absolute Gasteiger partial charge is 0.462 e. The van der Waals surface area contributed by atoms with Crippen LogP contribution in [0.5, 0.6) is 0 Å². The number of ether oxygens (including phenoxy) is 1. The molecule has 0 unspecified atom stereocenters. The minimum absolute atomic E-state index is 0.115. The third-order valence-electron chi connectivity index (χ3n) is 4.00. The van der Waals surface area contributed by atoms with Gasteiger partial charge >= 0.3 is 5.97 Å². The molecule has 25 heavy (non-hydrogen) atoms. The fourth-order valence-electron chi connectivity index (χ4n) is 2.93. The number of aromatic nitrogens is 2. The summed E-state index contributed by atoms with van der Waals surface area (Å²) in [6.45, 7) is 6.28. The molecule has 0 saturated carbocycles. The van der Waals surface area contributed by atoms with Gasteiger partial charge in [-0.3, -0.25) is 0 Å². The lowest BCUT2D eigenvalue weighted by Crippen LogP contribution is -2.11. The molecular formula is C21H22N2O2. The highest BCUT2D eigenvalue weighted by Crippen LogP contribution is 2.32. The number of esters is 1. The summed E-state index contributed by atoms with van der Waals surface area (Å²) in [6.07, 6.45) is 0. The highest BCUT2D eigenvalue weighted by Gasteiger charge is 2.28. The molecule has 0 aliphatic carbocycles. The predicted molar refractivity (Wildman–Crippen MR) is 99.0 cm³/mol. The molecule has 1 heterocycles.